The molecule has 1 unspecified atom stereocenters. The number of rotatable bonds is 4. The van der Waals surface area contributed by atoms with Crippen molar-refractivity contribution in [2.24, 2.45) is 11.3 Å². The summed E-state index contributed by atoms with van der Waals surface area (Å²) >= 11 is 0. The maximum Gasteiger partial charge on any atom is 0.303 e. The van der Waals surface area contributed by atoms with Crippen LogP contribution in [0.1, 0.15) is 13.3 Å². The van der Waals surface area contributed by atoms with Gasteiger partial charge < -0.3 is 9.84 Å². The lowest BCUT2D eigenvalue weighted by Crippen LogP contribution is -2.49. The van der Waals surface area contributed by atoms with Crippen molar-refractivity contribution < 1.29 is 23.4 Å². The number of carbonyl (C=O) groups is 1. The summed E-state index contributed by atoms with van der Waals surface area (Å²) in [6.45, 7) is 2.10. The van der Waals surface area contributed by atoms with Crippen molar-refractivity contribution in [3.8, 4) is 0 Å². The Kier molecular flexibility index (Phi) is 2.85. The largest absolute Gasteiger partial charge is 0.481 e. The molecule has 0 aromatic carbocycles. The highest BCUT2D eigenvalue weighted by Crippen LogP contribution is 2.40. The Bertz CT molecular complexity index is 202. The first-order valence-corrected chi connectivity index (χ1v) is 4.03. The van der Waals surface area contributed by atoms with Gasteiger partial charge in [0.25, 0.3) is 0 Å². The van der Waals surface area contributed by atoms with Gasteiger partial charge in [0, 0.05) is 11.3 Å². The van der Waals surface area contributed by atoms with E-state index in [9.17, 15) is 13.6 Å². The molecule has 1 fully saturated rings. The molecule has 0 spiro atoms. The highest BCUT2D eigenvalue weighted by atomic mass is 19.3. The molecule has 13 heavy (non-hydrogen) atoms. The molecule has 1 heterocycles. The van der Waals surface area contributed by atoms with Gasteiger partial charge in [-0.1, -0.05) is 6.92 Å². The number of hydrogen-bond donors (Lipinski definition) is 1. The van der Waals surface area contributed by atoms with E-state index in [0.717, 1.165) is 0 Å². The Hall–Kier alpha value is -0.710. The highest BCUT2D eigenvalue weighted by molar-refractivity contribution is 5.67. The molecule has 76 valence electrons. The number of carboxylic acids is 1. The number of aliphatic carboxylic acids is 1. The fourth-order valence-corrected chi connectivity index (χ4v) is 1.47. The van der Waals surface area contributed by atoms with Crippen LogP contribution in [0.4, 0.5) is 8.78 Å². The first kappa shape index (κ1) is 10.4. The molecule has 0 aliphatic carbocycles. The second-order valence-electron chi connectivity index (χ2n) is 3.69. The van der Waals surface area contributed by atoms with Crippen LogP contribution in [0, 0.1) is 11.3 Å². The van der Waals surface area contributed by atoms with Crippen molar-refractivity contribution in [1.82, 2.24) is 0 Å². The van der Waals surface area contributed by atoms with E-state index in [1.807, 2.05) is 0 Å². The van der Waals surface area contributed by atoms with Gasteiger partial charge in [-0.05, 0) is 0 Å². The minimum Gasteiger partial charge on any atom is -0.481 e. The monoisotopic (exact) mass is 194 g/mol. The van der Waals surface area contributed by atoms with Crippen molar-refractivity contribution >= 4 is 5.97 Å². The summed E-state index contributed by atoms with van der Waals surface area (Å²) < 4.78 is 29.7. The molecule has 1 atom stereocenters. The molecule has 0 bridgehead atoms. The molecule has 5 heteroatoms. The SMILES string of the molecule is CC1(C(CC(=O)O)C(F)F)COC1. The van der Waals surface area contributed by atoms with Gasteiger partial charge in [-0.3, -0.25) is 4.79 Å². The van der Waals surface area contributed by atoms with Crippen molar-refractivity contribution in [2.45, 2.75) is 19.8 Å². The summed E-state index contributed by atoms with van der Waals surface area (Å²) in [5.41, 5.74) is -0.660. The highest BCUT2D eigenvalue weighted by Gasteiger charge is 2.46. The van der Waals surface area contributed by atoms with E-state index in [4.69, 9.17) is 9.84 Å². The zero-order chi connectivity index (χ0) is 10.1. The van der Waals surface area contributed by atoms with Crippen molar-refractivity contribution in [3.63, 3.8) is 0 Å². The molecule has 1 saturated heterocycles. The fourth-order valence-electron chi connectivity index (χ4n) is 1.47. The lowest BCUT2D eigenvalue weighted by atomic mass is 9.74. The van der Waals surface area contributed by atoms with Crippen LogP contribution in [0.15, 0.2) is 0 Å². The summed E-state index contributed by atoms with van der Waals surface area (Å²) in [6.07, 6.45) is -3.08. The van der Waals surface area contributed by atoms with Crippen LogP contribution < -0.4 is 0 Å². The lowest BCUT2D eigenvalue weighted by molar-refractivity contribution is -0.174. The molecule has 0 saturated carbocycles. The number of hydrogen-bond acceptors (Lipinski definition) is 2. The fraction of sp³-hybridized carbons (Fsp3) is 0.875. The van der Waals surface area contributed by atoms with E-state index < -0.39 is 30.1 Å². The number of alkyl halides is 2. The minimum atomic E-state index is -2.59. The predicted octanol–water partition coefficient (Wildman–Crippen LogP) is 1.38. The van der Waals surface area contributed by atoms with Crippen LogP contribution in [0.5, 0.6) is 0 Å². The standard InChI is InChI=1S/C8H12F2O3/c1-8(3-13-4-8)5(7(9)10)2-6(11)12/h5,7H,2-4H2,1H3,(H,11,12). The molecule has 1 N–H and O–H groups in total. The Labute approximate surface area is 74.7 Å². The van der Waals surface area contributed by atoms with Gasteiger partial charge in [0.2, 0.25) is 6.43 Å². The maximum atomic E-state index is 12.5. The third kappa shape index (κ3) is 2.15. The van der Waals surface area contributed by atoms with Crippen molar-refractivity contribution in [3.05, 3.63) is 0 Å². The van der Waals surface area contributed by atoms with Gasteiger partial charge in [0.15, 0.2) is 0 Å². The molecule has 1 aliphatic rings. The smallest absolute Gasteiger partial charge is 0.303 e. The first-order chi connectivity index (χ1) is 5.96. The zero-order valence-electron chi connectivity index (χ0n) is 7.30. The van der Waals surface area contributed by atoms with Crippen molar-refractivity contribution in [2.75, 3.05) is 13.2 Å². The second kappa shape index (κ2) is 3.57. The van der Waals surface area contributed by atoms with E-state index in [-0.39, 0.29) is 13.2 Å². The van der Waals surface area contributed by atoms with Crippen LogP contribution in [0.2, 0.25) is 0 Å². The molecular formula is C8H12F2O3. The molecule has 3 nitrogen and oxygen atoms in total. The zero-order valence-corrected chi connectivity index (χ0v) is 7.30. The Morgan fingerprint density at radius 1 is 1.62 bits per heavy atom. The molecule has 0 aromatic heterocycles. The van der Waals surface area contributed by atoms with E-state index in [0.29, 0.717) is 0 Å². The number of carboxylic acid groups (broad SMARTS) is 1. The van der Waals surface area contributed by atoms with Gasteiger partial charge in [0.1, 0.15) is 0 Å². The van der Waals surface area contributed by atoms with E-state index in [2.05, 4.69) is 0 Å². The van der Waals surface area contributed by atoms with Crippen LogP contribution in [0.3, 0.4) is 0 Å². The summed E-state index contributed by atoms with van der Waals surface area (Å²) in [5.74, 6) is -2.28. The van der Waals surface area contributed by atoms with Gasteiger partial charge in [-0.15, -0.1) is 0 Å². The van der Waals surface area contributed by atoms with Crippen LogP contribution in [-0.2, 0) is 9.53 Å². The summed E-state index contributed by atoms with van der Waals surface area (Å²) in [7, 11) is 0. The minimum absolute atomic E-state index is 0.231. The lowest BCUT2D eigenvalue weighted by Gasteiger charge is -2.43. The topological polar surface area (TPSA) is 46.5 Å². The number of ether oxygens (including phenoxy) is 1. The molecule has 0 amide bonds. The van der Waals surface area contributed by atoms with Crippen LogP contribution in [0.25, 0.3) is 0 Å². The third-order valence-electron chi connectivity index (χ3n) is 2.46. The van der Waals surface area contributed by atoms with Gasteiger partial charge in [0.05, 0.1) is 19.6 Å². The van der Waals surface area contributed by atoms with E-state index in [1.54, 1.807) is 6.92 Å². The Morgan fingerprint density at radius 2 is 2.15 bits per heavy atom. The quantitative estimate of drug-likeness (QED) is 0.735. The average Bonchev–Trinajstić information content (AvgIpc) is 1.95. The second-order valence-corrected chi connectivity index (χ2v) is 3.69. The number of halogens is 2. The molecule has 0 radical (unpaired) electrons. The van der Waals surface area contributed by atoms with Gasteiger partial charge in [-0.2, -0.15) is 0 Å². The third-order valence-corrected chi connectivity index (χ3v) is 2.46. The first-order valence-electron chi connectivity index (χ1n) is 4.03. The van der Waals surface area contributed by atoms with Gasteiger partial charge >= 0.3 is 5.97 Å². The predicted molar refractivity (Wildman–Crippen MR) is 40.7 cm³/mol. The van der Waals surface area contributed by atoms with Crippen molar-refractivity contribution in [1.29, 1.82) is 0 Å². The summed E-state index contributed by atoms with van der Waals surface area (Å²) in [6, 6.07) is 0. The maximum absolute atomic E-state index is 12.5. The normalized spacial score (nSPS) is 22.5. The van der Waals surface area contributed by atoms with Crippen LogP contribution in [-0.4, -0.2) is 30.7 Å². The summed E-state index contributed by atoms with van der Waals surface area (Å²) in [4.78, 5) is 10.3. The average molecular weight is 194 g/mol. The molecule has 1 rings (SSSR count). The van der Waals surface area contributed by atoms with Crippen LogP contribution >= 0.6 is 0 Å². The molecular weight excluding hydrogens is 182 g/mol. The molecule has 1 aliphatic heterocycles. The summed E-state index contributed by atoms with van der Waals surface area (Å²) in [5, 5.41) is 8.44. The van der Waals surface area contributed by atoms with Gasteiger partial charge in [-0.25, -0.2) is 8.78 Å². The van der Waals surface area contributed by atoms with E-state index in [1.165, 1.54) is 0 Å². The Morgan fingerprint density at radius 3 is 2.38 bits per heavy atom. The molecule has 0 aromatic rings. The van der Waals surface area contributed by atoms with E-state index >= 15 is 0 Å². The Balaban J connectivity index is 2.61.